The van der Waals surface area contributed by atoms with E-state index in [9.17, 15) is 4.79 Å². The summed E-state index contributed by atoms with van der Waals surface area (Å²) in [6.45, 7) is 5.82. The van der Waals surface area contributed by atoms with E-state index in [1.807, 2.05) is 35.4 Å². The van der Waals surface area contributed by atoms with Crippen LogP contribution in [0.15, 0.2) is 54.7 Å². The molecule has 4 nitrogen and oxygen atoms in total. The summed E-state index contributed by atoms with van der Waals surface area (Å²) >= 11 is 0. The minimum absolute atomic E-state index is 0.144. The number of aryl methyl sites for hydroxylation is 1. The first-order valence-corrected chi connectivity index (χ1v) is 10.1. The van der Waals surface area contributed by atoms with Crippen molar-refractivity contribution >= 4 is 16.8 Å². The Hall–Kier alpha value is -2.72. The number of amides is 1. The molecule has 1 fully saturated rings. The van der Waals surface area contributed by atoms with Gasteiger partial charge in [0.25, 0.3) is 5.91 Å². The SMILES string of the molecule is Cc1ccnc2ccc(C(=O)N3CCC(N4CCc5ccccc5C4)C3)cc12. The van der Waals surface area contributed by atoms with Gasteiger partial charge in [-0.15, -0.1) is 0 Å². The highest BCUT2D eigenvalue weighted by molar-refractivity contribution is 5.98. The third-order valence-corrected chi connectivity index (χ3v) is 6.33. The Balaban J connectivity index is 1.31. The predicted molar refractivity (Wildman–Crippen MR) is 111 cm³/mol. The minimum atomic E-state index is 0.144. The zero-order valence-electron chi connectivity index (χ0n) is 16.3. The van der Waals surface area contributed by atoms with Crippen LogP contribution in [0.3, 0.4) is 0 Å². The number of pyridine rings is 1. The molecule has 1 aromatic heterocycles. The number of rotatable bonds is 2. The molecule has 2 aromatic carbocycles. The number of hydrogen-bond acceptors (Lipinski definition) is 3. The van der Waals surface area contributed by atoms with E-state index >= 15 is 0 Å². The van der Waals surface area contributed by atoms with Gasteiger partial charge in [0.1, 0.15) is 0 Å². The molecule has 0 radical (unpaired) electrons. The van der Waals surface area contributed by atoms with E-state index in [2.05, 4.69) is 41.1 Å². The summed E-state index contributed by atoms with van der Waals surface area (Å²) in [6, 6.07) is 17.1. The van der Waals surface area contributed by atoms with Crippen LogP contribution in [0.2, 0.25) is 0 Å². The summed E-state index contributed by atoms with van der Waals surface area (Å²) in [5.41, 5.74) is 5.79. The highest BCUT2D eigenvalue weighted by Gasteiger charge is 2.32. The molecule has 0 saturated carbocycles. The molecule has 1 unspecified atom stereocenters. The lowest BCUT2D eigenvalue weighted by molar-refractivity contribution is 0.0773. The van der Waals surface area contributed by atoms with Crippen molar-refractivity contribution in [1.82, 2.24) is 14.8 Å². The topological polar surface area (TPSA) is 36.4 Å². The molecular weight excluding hydrogens is 346 g/mol. The average Bonchev–Trinajstić information content (AvgIpc) is 3.23. The Kier molecular flexibility index (Phi) is 4.36. The molecule has 1 saturated heterocycles. The van der Waals surface area contributed by atoms with Crippen molar-refractivity contribution in [2.75, 3.05) is 19.6 Å². The molecule has 2 aliphatic rings. The Bertz CT molecular complexity index is 1040. The first-order valence-electron chi connectivity index (χ1n) is 10.1. The normalized spacial score (nSPS) is 19.8. The summed E-state index contributed by atoms with van der Waals surface area (Å²) in [5.74, 6) is 0.144. The molecule has 3 heterocycles. The van der Waals surface area contributed by atoms with Crippen LogP contribution in [0.4, 0.5) is 0 Å². The van der Waals surface area contributed by atoms with Crippen molar-refractivity contribution in [3.63, 3.8) is 0 Å². The first-order chi connectivity index (χ1) is 13.7. The molecule has 142 valence electrons. The molecule has 5 rings (SSSR count). The number of nitrogens with zero attached hydrogens (tertiary/aromatic N) is 3. The Morgan fingerprint density at radius 2 is 1.93 bits per heavy atom. The monoisotopic (exact) mass is 371 g/mol. The largest absolute Gasteiger partial charge is 0.337 e. The number of fused-ring (bicyclic) bond motifs is 2. The van der Waals surface area contributed by atoms with Gasteiger partial charge >= 0.3 is 0 Å². The Morgan fingerprint density at radius 1 is 1.07 bits per heavy atom. The van der Waals surface area contributed by atoms with Crippen molar-refractivity contribution in [2.24, 2.45) is 0 Å². The second-order valence-electron chi connectivity index (χ2n) is 8.04. The van der Waals surface area contributed by atoms with Gasteiger partial charge in [0.15, 0.2) is 0 Å². The summed E-state index contributed by atoms with van der Waals surface area (Å²) in [5, 5.41) is 1.07. The van der Waals surface area contributed by atoms with E-state index in [0.717, 1.165) is 61.1 Å². The highest BCUT2D eigenvalue weighted by atomic mass is 16.2. The molecule has 0 spiro atoms. The zero-order valence-corrected chi connectivity index (χ0v) is 16.3. The molecule has 1 amide bonds. The van der Waals surface area contributed by atoms with Crippen molar-refractivity contribution in [3.05, 3.63) is 77.0 Å². The zero-order chi connectivity index (χ0) is 19.1. The standard InChI is InChI=1S/C24H25N3O/c1-17-8-11-25-23-7-6-19(14-22(17)23)24(28)27-13-10-21(16-27)26-12-9-18-4-2-3-5-20(18)15-26/h2-8,11,14,21H,9-10,12-13,15-16H2,1H3. The van der Waals surface area contributed by atoms with Gasteiger partial charge < -0.3 is 4.90 Å². The number of benzene rings is 2. The van der Waals surface area contributed by atoms with Crippen molar-refractivity contribution in [1.29, 1.82) is 0 Å². The van der Waals surface area contributed by atoms with Crippen LogP contribution in [0.1, 0.15) is 33.5 Å². The van der Waals surface area contributed by atoms with E-state index in [-0.39, 0.29) is 5.91 Å². The van der Waals surface area contributed by atoms with Gasteiger partial charge in [0.05, 0.1) is 5.52 Å². The van der Waals surface area contributed by atoms with Crippen molar-refractivity contribution in [2.45, 2.75) is 32.4 Å². The fraction of sp³-hybridized carbons (Fsp3) is 0.333. The van der Waals surface area contributed by atoms with Crippen LogP contribution >= 0.6 is 0 Å². The molecule has 0 aliphatic carbocycles. The number of likely N-dealkylation sites (tertiary alicyclic amines) is 1. The maximum absolute atomic E-state index is 13.1. The van der Waals surface area contributed by atoms with Gasteiger partial charge in [-0.3, -0.25) is 14.7 Å². The van der Waals surface area contributed by atoms with Gasteiger partial charge in [-0.1, -0.05) is 24.3 Å². The van der Waals surface area contributed by atoms with E-state index in [1.165, 1.54) is 11.1 Å². The van der Waals surface area contributed by atoms with Crippen molar-refractivity contribution in [3.8, 4) is 0 Å². The molecule has 4 heteroatoms. The summed E-state index contributed by atoms with van der Waals surface area (Å²) in [7, 11) is 0. The van der Waals surface area contributed by atoms with Crippen molar-refractivity contribution < 1.29 is 4.79 Å². The smallest absolute Gasteiger partial charge is 0.253 e. The predicted octanol–water partition coefficient (Wildman–Crippen LogP) is 3.82. The lowest BCUT2D eigenvalue weighted by atomic mass is 9.98. The lowest BCUT2D eigenvalue weighted by Crippen LogP contribution is -2.41. The van der Waals surface area contributed by atoms with Gasteiger partial charge in [0.2, 0.25) is 0 Å². The van der Waals surface area contributed by atoms with Gasteiger partial charge in [-0.2, -0.15) is 0 Å². The molecule has 3 aromatic rings. The third kappa shape index (κ3) is 3.08. The third-order valence-electron chi connectivity index (χ3n) is 6.33. The molecule has 1 atom stereocenters. The second kappa shape index (κ2) is 7.02. The van der Waals surface area contributed by atoms with E-state index < -0.39 is 0 Å². The minimum Gasteiger partial charge on any atom is -0.337 e. The van der Waals surface area contributed by atoms with Gasteiger partial charge in [-0.05, 0) is 60.7 Å². The van der Waals surface area contributed by atoms with E-state index in [1.54, 1.807) is 0 Å². The number of hydrogen-bond donors (Lipinski definition) is 0. The quantitative estimate of drug-likeness (QED) is 0.687. The summed E-state index contributed by atoms with van der Waals surface area (Å²) < 4.78 is 0. The lowest BCUT2D eigenvalue weighted by Gasteiger charge is -2.33. The molecule has 2 aliphatic heterocycles. The van der Waals surface area contributed by atoms with Crippen LogP contribution in [-0.4, -0.2) is 46.4 Å². The van der Waals surface area contributed by atoms with E-state index in [0.29, 0.717) is 6.04 Å². The fourth-order valence-corrected chi connectivity index (χ4v) is 4.65. The maximum Gasteiger partial charge on any atom is 0.253 e. The summed E-state index contributed by atoms with van der Waals surface area (Å²) in [6.07, 6.45) is 3.99. The van der Waals surface area contributed by atoms with Crippen LogP contribution in [0.25, 0.3) is 10.9 Å². The molecule has 28 heavy (non-hydrogen) atoms. The van der Waals surface area contributed by atoms with Crippen LogP contribution < -0.4 is 0 Å². The maximum atomic E-state index is 13.1. The number of carbonyl (C=O) groups is 1. The summed E-state index contributed by atoms with van der Waals surface area (Å²) in [4.78, 5) is 22.1. The Morgan fingerprint density at radius 3 is 2.82 bits per heavy atom. The number of carbonyl (C=O) groups excluding carboxylic acids is 1. The van der Waals surface area contributed by atoms with Crippen LogP contribution in [0, 0.1) is 6.92 Å². The van der Waals surface area contributed by atoms with Gasteiger partial charge in [0, 0.05) is 49.4 Å². The Labute approximate surface area is 165 Å². The first kappa shape index (κ1) is 17.4. The second-order valence-corrected chi connectivity index (χ2v) is 8.04. The molecular formula is C24H25N3O. The molecule has 0 bridgehead atoms. The van der Waals surface area contributed by atoms with Crippen LogP contribution in [0.5, 0.6) is 0 Å². The molecule has 0 N–H and O–H groups in total. The number of aromatic nitrogens is 1. The average molecular weight is 371 g/mol. The highest BCUT2D eigenvalue weighted by Crippen LogP contribution is 2.26. The van der Waals surface area contributed by atoms with Crippen LogP contribution in [-0.2, 0) is 13.0 Å². The van der Waals surface area contributed by atoms with E-state index in [4.69, 9.17) is 0 Å². The van der Waals surface area contributed by atoms with Gasteiger partial charge in [-0.25, -0.2) is 0 Å². The fourth-order valence-electron chi connectivity index (χ4n) is 4.65.